The number of carboxylic acids is 1. The van der Waals surface area contributed by atoms with Crippen LogP contribution in [0.1, 0.15) is 49.4 Å². The lowest BCUT2D eigenvalue weighted by Crippen LogP contribution is -2.56. The molecule has 1 amide bonds. The Hall–Kier alpha value is -1.91. The van der Waals surface area contributed by atoms with Gasteiger partial charge in [0.1, 0.15) is 11.4 Å². The van der Waals surface area contributed by atoms with E-state index in [9.17, 15) is 19.1 Å². The predicted octanol–water partition coefficient (Wildman–Crippen LogP) is 2.98. The number of carbonyl (C=O) groups is 2. The van der Waals surface area contributed by atoms with Gasteiger partial charge in [-0.05, 0) is 55.9 Å². The zero-order valence-electron chi connectivity index (χ0n) is 12.1. The summed E-state index contributed by atoms with van der Waals surface area (Å²) < 4.78 is 12.9. The first-order chi connectivity index (χ1) is 9.97. The van der Waals surface area contributed by atoms with Crippen molar-refractivity contribution in [2.24, 2.45) is 5.92 Å². The number of halogens is 1. The number of nitrogens with one attached hydrogen (secondary N) is 1. The molecule has 0 radical (unpaired) electrons. The van der Waals surface area contributed by atoms with Crippen LogP contribution in [0.4, 0.5) is 4.39 Å². The van der Waals surface area contributed by atoms with Gasteiger partial charge in [0, 0.05) is 5.56 Å². The van der Waals surface area contributed by atoms with E-state index >= 15 is 0 Å². The fourth-order valence-corrected chi connectivity index (χ4v) is 2.86. The fourth-order valence-electron chi connectivity index (χ4n) is 2.86. The number of carbonyl (C=O) groups excluding carboxylic acids is 1. The maximum absolute atomic E-state index is 12.9. The van der Waals surface area contributed by atoms with Gasteiger partial charge < -0.3 is 10.4 Å². The molecule has 0 atom stereocenters. The lowest BCUT2D eigenvalue weighted by Gasteiger charge is -2.37. The SMILES string of the molecule is CCC1CCC(NC(=O)c2ccc(F)cc2)(C(=O)O)CC1. The molecule has 0 unspecified atom stereocenters. The Kier molecular flexibility index (Phi) is 4.60. The average Bonchev–Trinajstić information content (AvgIpc) is 2.48. The Morgan fingerprint density at radius 1 is 1.29 bits per heavy atom. The van der Waals surface area contributed by atoms with E-state index in [4.69, 9.17) is 0 Å². The smallest absolute Gasteiger partial charge is 0.329 e. The van der Waals surface area contributed by atoms with Gasteiger partial charge in [0.05, 0.1) is 0 Å². The minimum absolute atomic E-state index is 0.273. The third-order valence-electron chi connectivity index (χ3n) is 4.40. The Morgan fingerprint density at radius 2 is 1.86 bits per heavy atom. The van der Waals surface area contributed by atoms with Crippen LogP contribution in [0.5, 0.6) is 0 Å². The lowest BCUT2D eigenvalue weighted by molar-refractivity contribution is -0.146. The first-order valence-electron chi connectivity index (χ1n) is 7.28. The van der Waals surface area contributed by atoms with Gasteiger partial charge in [0.25, 0.3) is 5.91 Å². The molecule has 1 fully saturated rings. The number of hydrogen-bond acceptors (Lipinski definition) is 2. The highest BCUT2D eigenvalue weighted by Crippen LogP contribution is 2.34. The second kappa shape index (κ2) is 6.24. The van der Waals surface area contributed by atoms with Crippen molar-refractivity contribution in [2.75, 3.05) is 0 Å². The van der Waals surface area contributed by atoms with Crippen molar-refractivity contribution < 1.29 is 19.1 Å². The number of rotatable bonds is 4. The van der Waals surface area contributed by atoms with Gasteiger partial charge in [0.2, 0.25) is 0 Å². The van der Waals surface area contributed by atoms with Crippen LogP contribution in [0.2, 0.25) is 0 Å². The van der Waals surface area contributed by atoms with Crippen LogP contribution in [-0.4, -0.2) is 22.5 Å². The molecule has 4 nitrogen and oxygen atoms in total. The van der Waals surface area contributed by atoms with Gasteiger partial charge in [-0.3, -0.25) is 4.79 Å². The summed E-state index contributed by atoms with van der Waals surface area (Å²) in [4.78, 5) is 23.8. The van der Waals surface area contributed by atoms with Crippen LogP contribution >= 0.6 is 0 Å². The lowest BCUT2D eigenvalue weighted by atomic mass is 9.75. The number of aliphatic carboxylic acids is 1. The molecule has 2 N–H and O–H groups in total. The first-order valence-corrected chi connectivity index (χ1v) is 7.28. The van der Waals surface area contributed by atoms with E-state index in [1.165, 1.54) is 24.3 Å². The summed E-state index contributed by atoms with van der Waals surface area (Å²) in [6, 6.07) is 5.10. The second-order valence-electron chi connectivity index (χ2n) is 5.70. The molecule has 0 saturated heterocycles. The van der Waals surface area contributed by atoms with Crippen molar-refractivity contribution in [1.29, 1.82) is 0 Å². The Bertz CT molecular complexity index is 519. The van der Waals surface area contributed by atoms with E-state index in [-0.39, 0.29) is 5.56 Å². The van der Waals surface area contributed by atoms with E-state index in [0.29, 0.717) is 18.8 Å². The van der Waals surface area contributed by atoms with E-state index in [1.54, 1.807) is 0 Å². The molecule has 1 aromatic rings. The molecular formula is C16H20FNO3. The van der Waals surface area contributed by atoms with Gasteiger partial charge in [-0.25, -0.2) is 9.18 Å². The maximum Gasteiger partial charge on any atom is 0.329 e. The number of benzene rings is 1. The highest BCUT2D eigenvalue weighted by molar-refractivity contribution is 5.97. The molecule has 0 spiro atoms. The van der Waals surface area contributed by atoms with Gasteiger partial charge >= 0.3 is 5.97 Å². The fraction of sp³-hybridized carbons (Fsp3) is 0.500. The molecule has 0 bridgehead atoms. The first kappa shape index (κ1) is 15.5. The molecule has 1 aliphatic carbocycles. The van der Waals surface area contributed by atoms with Gasteiger partial charge in [-0.2, -0.15) is 0 Å². The minimum Gasteiger partial charge on any atom is -0.480 e. The highest BCUT2D eigenvalue weighted by Gasteiger charge is 2.43. The summed E-state index contributed by atoms with van der Waals surface area (Å²) >= 11 is 0. The van der Waals surface area contributed by atoms with Crippen LogP contribution in [0.3, 0.4) is 0 Å². The summed E-state index contributed by atoms with van der Waals surface area (Å²) in [7, 11) is 0. The Labute approximate surface area is 123 Å². The summed E-state index contributed by atoms with van der Waals surface area (Å²) in [5.74, 6) is -1.36. The Morgan fingerprint density at radius 3 is 2.33 bits per heavy atom. The monoisotopic (exact) mass is 293 g/mol. The third-order valence-corrected chi connectivity index (χ3v) is 4.40. The zero-order chi connectivity index (χ0) is 15.5. The number of hydrogen-bond donors (Lipinski definition) is 2. The third kappa shape index (κ3) is 3.40. The molecule has 114 valence electrons. The molecule has 1 aromatic carbocycles. The predicted molar refractivity (Wildman–Crippen MR) is 76.5 cm³/mol. The van der Waals surface area contributed by atoms with Crippen molar-refractivity contribution in [2.45, 2.75) is 44.6 Å². The molecule has 21 heavy (non-hydrogen) atoms. The Balaban J connectivity index is 2.12. The maximum atomic E-state index is 12.9. The summed E-state index contributed by atoms with van der Waals surface area (Å²) in [6.07, 6.45) is 3.50. The summed E-state index contributed by atoms with van der Waals surface area (Å²) in [5, 5.41) is 12.2. The quantitative estimate of drug-likeness (QED) is 0.897. The van der Waals surface area contributed by atoms with Crippen LogP contribution in [-0.2, 0) is 4.79 Å². The van der Waals surface area contributed by atoms with Crippen LogP contribution < -0.4 is 5.32 Å². The topological polar surface area (TPSA) is 66.4 Å². The molecule has 0 heterocycles. The van der Waals surface area contributed by atoms with Crippen molar-refractivity contribution in [3.8, 4) is 0 Å². The van der Waals surface area contributed by atoms with Crippen molar-refractivity contribution in [1.82, 2.24) is 5.32 Å². The van der Waals surface area contributed by atoms with Crippen LogP contribution in [0, 0.1) is 11.7 Å². The average molecular weight is 293 g/mol. The largest absolute Gasteiger partial charge is 0.480 e. The molecule has 2 rings (SSSR count). The van der Waals surface area contributed by atoms with Crippen molar-refractivity contribution >= 4 is 11.9 Å². The van der Waals surface area contributed by atoms with Crippen molar-refractivity contribution in [3.63, 3.8) is 0 Å². The number of carboxylic acid groups (broad SMARTS) is 1. The summed E-state index contributed by atoms with van der Waals surface area (Å²) in [6.45, 7) is 2.09. The molecule has 0 aromatic heterocycles. The molecule has 1 saturated carbocycles. The molecular weight excluding hydrogens is 273 g/mol. The van der Waals surface area contributed by atoms with Crippen LogP contribution in [0.15, 0.2) is 24.3 Å². The van der Waals surface area contributed by atoms with E-state index in [0.717, 1.165) is 19.3 Å². The number of amides is 1. The standard InChI is InChI=1S/C16H20FNO3/c1-2-11-7-9-16(10-8-11,15(20)21)18-14(19)12-3-5-13(17)6-4-12/h3-6,11H,2,7-10H2,1H3,(H,18,19)(H,20,21). The van der Waals surface area contributed by atoms with E-state index in [2.05, 4.69) is 12.2 Å². The van der Waals surface area contributed by atoms with E-state index in [1.807, 2.05) is 0 Å². The van der Waals surface area contributed by atoms with Gasteiger partial charge in [-0.15, -0.1) is 0 Å². The van der Waals surface area contributed by atoms with Gasteiger partial charge in [0.15, 0.2) is 0 Å². The molecule has 0 aliphatic heterocycles. The highest BCUT2D eigenvalue weighted by atomic mass is 19.1. The normalized spacial score (nSPS) is 25.3. The minimum atomic E-state index is -1.20. The molecule has 5 heteroatoms. The van der Waals surface area contributed by atoms with Crippen LogP contribution in [0.25, 0.3) is 0 Å². The summed E-state index contributed by atoms with van der Waals surface area (Å²) in [5.41, 5.74) is -0.924. The van der Waals surface area contributed by atoms with E-state index < -0.39 is 23.2 Å². The van der Waals surface area contributed by atoms with Gasteiger partial charge in [-0.1, -0.05) is 13.3 Å². The molecule has 1 aliphatic rings. The van der Waals surface area contributed by atoms with Crippen molar-refractivity contribution in [3.05, 3.63) is 35.6 Å². The zero-order valence-corrected chi connectivity index (χ0v) is 12.1. The second-order valence-corrected chi connectivity index (χ2v) is 5.70.